The van der Waals surface area contributed by atoms with Crippen LogP contribution in [0.2, 0.25) is 0 Å². The second-order valence-electron chi connectivity index (χ2n) is 15.1. The lowest BCUT2D eigenvalue weighted by Gasteiger charge is -2.33. The summed E-state index contributed by atoms with van der Waals surface area (Å²) in [6.07, 6.45) is 6.34. The number of benzene rings is 1. The lowest BCUT2D eigenvalue weighted by molar-refractivity contribution is -0.693. The number of piperidine rings is 1. The predicted octanol–water partition coefficient (Wildman–Crippen LogP) is 4.18. The van der Waals surface area contributed by atoms with Gasteiger partial charge in [-0.3, -0.25) is 19.3 Å². The van der Waals surface area contributed by atoms with Gasteiger partial charge in [-0.05, 0) is 65.2 Å². The molecule has 19 heteroatoms. The number of anilines is 2. The number of hydrogen-bond donors (Lipinski definition) is 3. The Morgan fingerprint density at radius 3 is 2.65 bits per heavy atom. The molecule has 18 nitrogen and oxygen atoms in total. The molecule has 0 saturated carbocycles. The van der Waals surface area contributed by atoms with Crippen molar-refractivity contribution in [1.29, 1.82) is 0 Å². The highest BCUT2D eigenvalue weighted by Gasteiger charge is 2.28. The van der Waals surface area contributed by atoms with Crippen molar-refractivity contribution in [2.45, 2.75) is 64.8 Å². The van der Waals surface area contributed by atoms with Crippen LogP contribution in [-0.4, -0.2) is 84.0 Å². The number of thiazole rings is 1. The van der Waals surface area contributed by atoms with E-state index in [4.69, 9.17) is 14.5 Å². The second kappa shape index (κ2) is 17.9. The number of carbonyl (C=O) groups is 3. The molecule has 0 radical (unpaired) electrons. The molecular formula is C41H44N11O7S+. The standard InChI is InChI=1S/C41H43N11O7S/c1-41(2,3)32-25-60-39(43-32)45-37(55)27-16-19-51-34(20-27)44-36(31(38(51)56)14-15-33-46-47-48-52(33)22-26-10-12-29(58-4)13-11-26)50-18-7-9-30(23-50)59-40(57)42-21-28-8-5-6-17-49(28)24-35(53)54/h5-6,8,10-17,19-20,25,30H,7,9,18,21-24H2,1-4H3,(H2-,42,43,45,53,54,55,57)/p+1/t30-/m1/s1. The van der Waals surface area contributed by atoms with Crippen LogP contribution in [-0.2, 0) is 34.6 Å². The minimum absolute atomic E-state index is 0.0511. The fourth-order valence-electron chi connectivity index (χ4n) is 6.57. The molecule has 6 aromatic rings. The van der Waals surface area contributed by atoms with E-state index in [0.717, 1.165) is 17.0 Å². The van der Waals surface area contributed by atoms with E-state index in [-0.39, 0.29) is 41.8 Å². The van der Waals surface area contributed by atoms with E-state index >= 15 is 0 Å². The molecule has 0 unspecified atom stereocenters. The van der Waals surface area contributed by atoms with Crippen molar-refractivity contribution in [2.24, 2.45) is 0 Å². The maximum atomic E-state index is 14.4. The van der Waals surface area contributed by atoms with Crippen LogP contribution in [0.4, 0.5) is 15.7 Å². The number of aromatic nitrogens is 8. The smallest absolute Gasteiger partial charge is 0.407 e. The molecule has 5 aromatic heterocycles. The largest absolute Gasteiger partial charge is 0.497 e. The number of amides is 2. The number of hydrogen-bond acceptors (Lipinski definition) is 13. The van der Waals surface area contributed by atoms with E-state index in [2.05, 4.69) is 31.1 Å². The highest BCUT2D eigenvalue weighted by atomic mass is 32.1. The number of ether oxygens (including phenoxy) is 2. The van der Waals surface area contributed by atoms with E-state index < -0.39 is 29.6 Å². The SMILES string of the molecule is COc1ccc(Cn2nnnc2C=Cc2c(N3CCC[C@@H](OC(=O)NCc4cccc[n+]4CC(=O)O)C3)nc3cc(C(=O)Nc4nc(C(C)(C)C)cs4)ccn3c2=O)cc1. The van der Waals surface area contributed by atoms with Crippen molar-refractivity contribution in [2.75, 3.05) is 30.4 Å². The first kappa shape index (κ1) is 41.2. The van der Waals surface area contributed by atoms with Crippen LogP contribution in [0, 0.1) is 0 Å². The van der Waals surface area contributed by atoms with Crippen LogP contribution in [0.3, 0.4) is 0 Å². The van der Waals surface area contributed by atoms with Crippen molar-refractivity contribution in [3.05, 3.63) is 117 Å². The molecule has 310 valence electrons. The number of methoxy groups -OCH3 is 1. The Balaban J connectivity index is 1.16. The highest BCUT2D eigenvalue weighted by molar-refractivity contribution is 7.14. The molecule has 0 aliphatic carbocycles. The normalized spacial score (nSPS) is 14.3. The van der Waals surface area contributed by atoms with Crippen molar-refractivity contribution in [3.63, 3.8) is 0 Å². The van der Waals surface area contributed by atoms with E-state index in [1.807, 2.05) is 55.3 Å². The van der Waals surface area contributed by atoms with E-state index in [9.17, 15) is 24.3 Å². The maximum Gasteiger partial charge on any atom is 0.407 e. The van der Waals surface area contributed by atoms with Crippen LogP contribution >= 0.6 is 11.3 Å². The molecule has 7 rings (SSSR count). The first-order chi connectivity index (χ1) is 28.8. The Kier molecular flexibility index (Phi) is 12.2. The summed E-state index contributed by atoms with van der Waals surface area (Å²) >= 11 is 1.33. The second-order valence-corrected chi connectivity index (χ2v) is 16.0. The molecular weight excluding hydrogens is 791 g/mol. The number of tetrazole rings is 1. The lowest BCUT2D eigenvalue weighted by atomic mass is 9.93. The number of rotatable bonds is 13. The maximum absolute atomic E-state index is 14.4. The molecule has 1 aliphatic heterocycles. The van der Waals surface area contributed by atoms with Crippen molar-refractivity contribution >= 4 is 58.1 Å². The Morgan fingerprint density at radius 1 is 1.08 bits per heavy atom. The highest BCUT2D eigenvalue weighted by Crippen LogP contribution is 2.28. The van der Waals surface area contributed by atoms with E-state index in [1.165, 1.54) is 26.5 Å². The fourth-order valence-corrected chi connectivity index (χ4v) is 7.51. The van der Waals surface area contributed by atoms with Crippen LogP contribution in [0.25, 0.3) is 17.8 Å². The van der Waals surface area contributed by atoms with Crippen molar-refractivity contribution in [1.82, 2.24) is 39.9 Å². The number of aliphatic carboxylic acids is 1. The summed E-state index contributed by atoms with van der Waals surface area (Å²) in [7, 11) is 1.60. The fraction of sp³-hybridized carbons (Fsp3) is 0.317. The average Bonchev–Trinajstić information content (AvgIpc) is 3.90. The molecule has 1 fully saturated rings. The minimum Gasteiger partial charge on any atom is -0.497 e. The number of pyridine rings is 2. The van der Waals surface area contributed by atoms with Crippen LogP contribution in [0.1, 0.15) is 72.3 Å². The van der Waals surface area contributed by atoms with Gasteiger partial charge in [-0.1, -0.05) is 39.0 Å². The van der Waals surface area contributed by atoms with Crippen LogP contribution in [0.15, 0.2) is 77.2 Å². The summed E-state index contributed by atoms with van der Waals surface area (Å²) in [5.74, 6) is 0.0241. The molecule has 0 bridgehead atoms. The molecule has 3 N–H and O–H groups in total. The quantitative estimate of drug-likeness (QED) is 0.140. The Morgan fingerprint density at radius 2 is 1.90 bits per heavy atom. The molecule has 1 aromatic carbocycles. The summed E-state index contributed by atoms with van der Waals surface area (Å²) < 4.78 is 15.6. The summed E-state index contributed by atoms with van der Waals surface area (Å²) in [5.41, 5.74) is 2.54. The van der Waals surface area contributed by atoms with Gasteiger partial charge in [0, 0.05) is 41.2 Å². The van der Waals surface area contributed by atoms with Gasteiger partial charge >= 0.3 is 12.1 Å². The molecule has 1 saturated heterocycles. The number of alkyl carbamates (subject to hydrolysis) is 1. The van der Waals surface area contributed by atoms with Gasteiger partial charge in [0.25, 0.3) is 11.5 Å². The number of fused-ring (bicyclic) bond motifs is 1. The Bertz CT molecular complexity index is 2610. The van der Waals surface area contributed by atoms with Gasteiger partial charge in [-0.25, -0.2) is 24.2 Å². The number of carboxylic acid groups (broad SMARTS) is 1. The first-order valence-corrected chi connectivity index (χ1v) is 20.0. The number of nitrogens with zero attached hydrogens (tertiary/aromatic N) is 9. The Hall–Kier alpha value is -7.02. The third kappa shape index (κ3) is 9.80. The zero-order valence-corrected chi connectivity index (χ0v) is 34.3. The van der Waals surface area contributed by atoms with Crippen molar-refractivity contribution < 1.29 is 33.5 Å². The van der Waals surface area contributed by atoms with Crippen LogP contribution < -0.4 is 30.4 Å². The van der Waals surface area contributed by atoms with E-state index in [0.29, 0.717) is 48.4 Å². The number of carboxylic acids is 1. The van der Waals surface area contributed by atoms with Gasteiger partial charge < -0.3 is 24.8 Å². The van der Waals surface area contributed by atoms with Crippen LogP contribution in [0.5, 0.6) is 5.75 Å². The molecule has 6 heterocycles. The Labute approximate surface area is 348 Å². The lowest BCUT2D eigenvalue weighted by Crippen LogP contribution is -2.45. The summed E-state index contributed by atoms with van der Waals surface area (Å²) in [4.78, 5) is 63.6. The molecule has 60 heavy (non-hydrogen) atoms. The van der Waals surface area contributed by atoms with Crippen molar-refractivity contribution in [3.8, 4) is 5.75 Å². The number of carbonyl (C=O) groups excluding carboxylic acids is 2. The van der Waals surface area contributed by atoms with Gasteiger partial charge in [0.2, 0.25) is 12.2 Å². The third-order valence-electron chi connectivity index (χ3n) is 9.76. The third-order valence-corrected chi connectivity index (χ3v) is 10.5. The number of nitrogens with one attached hydrogen (secondary N) is 2. The summed E-state index contributed by atoms with van der Waals surface area (Å²) in [5, 5.41) is 29.4. The monoisotopic (exact) mass is 834 g/mol. The predicted molar refractivity (Wildman–Crippen MR) is 222 cm³/mol. The molecule has 1 aliphatic rings. The molecule has 1 atom stereocenters. The minimum atomic E-state index is -1.01. The zero-order chi connectivity index (χ0) is 42.4. The van der Waals surface area contributed by atoms with Gasteiger partial charge in [0.1, 0.15) is 29.9 Å². The summed E-state index contributed by atoms with van der Waals surface area (Å²) in [6, 6.07) is 15.8. The molecule has 2 amide bonds. The molecule has 0 spiro atoms. The topological polar surface area (TPSA) is 212 Å². The van der Waals surface area contributed by atoms with E-state index in [1.54, 1.807) is 60.5 Å². The van der Waals surface area contributed by atoms with Gasteiger partial charge in [0.15, 0.2) is 17.2 Å². The van der Waals surface area contributed by atoms with Gasteiger partial charge in [0.05, 0.1) is 31.5 Å². The first-order valence-electron chi connectivity index (χ1n) is 19.1. The summed E-state index contributed by atoms with van der Waals surface area (Å²) in [6.45, 7) is 7.01. The van der Waals surface area contributed by atoms with Gasteiger partial charge in [-0.2, -0.15) is 4.57 Å². The van der Waals surface area contributed by atoms with Gasteiger partial charge in [-0.15, -0.1) is 16.4 Å². The average molecular weight is 835 g/mol. The zero-order valence-electron chi connectivity index (χ0n) is 33.4.